The number of carbonyl (C=O) groups is 2. The number of benzene rings is 2. The molecule has 0 fully saturated rings. The predicted octanol–water partition coefficient (Wildman–Crippen LogP) is 3.75. The molecule has 0 amide bonds. The molecule has 0 aliphatic heterocycles. The van der Waals surface area contributed by atoms with Gasteiger partial charge in [0.15, 0.2) is 11.6 Å². The Morgan fingerprint density at radius 3 is 1.84 bits per heavy atom. The lowest BCUT2D eigenvalue weighted by Crippen LogP contribution is -2.19. The highest BCUT2D eigenvalue weighted by Crippen LogP contribution is 2.15. The van der Waals surface area contributed by atoms with Gasteiger partial charge in [0, 0.05) is 17.5 Å². The molecule has 19 heavy (non-hydrogen) atoms. The number of rotatable bonds is 5. The van der Waals surface area contributed by atoms with Crippen molar-refractivity contribution in [1.82, 2.24) is 0 Å². The van der Waals surface area contributed by atoms with E-state index in [0.717, 1.165) is 0 Å². The van der Waals surface area contributed by atoms with E-state index in [9.17, 15) is 9.59 Å². The van der Waals surface area contributed by atoms with Crippen molar-refractivity contribution in [2.75, 3.05) is 0 Å². The maximum absolute atomic E-state index is 12.0. The van der Waals surface area contributed by atoms with Crippen LogP contribution in [0.25, 0.3) is 0 Å². The largest absolute Gasteiger partial charge is 0.294 e. The molecule has 0 saturated heterocycles. The van der Waals surface area contributed by atoms with E-state index in [1.807, 2.05) is 12.1 Å². The fourth-order valence-electron chi connectivity index (χ4n) is 1.78. The Bertz CT molecular complexity index is 564. The molecule has 0 unspecified atom stereocenters. The van der Waals surface area contributed by atoms with Crippen molar-refractivity contribution >= 4 is 23.2 Å². The van der Waals surface area contributed by atoms with Crippen molar-refractivity contribution < 1.29 is 9.59 Å². The molecule has 96 valence electrons. The lowest BCUT2D eigenvalue weighted by Gasteiger charge is -2.08. The summed E-state index contributed by atoms with van der Waals surface area (Å²) in [6.07, 6.45) is 0.0132. The SMILES string of the molecule is O=C(C[C@H](Cl)C(=O)c1ccccc1)c1ccccc1. The maximum Gasteiger partial charge on any atom is 0.181 e. The summed E-state index contributed by atoms with van der Waals surface area (Å²) >= 11 is 6.04. The van der Waals surface area contributed by atoms with Gasteiger partial charge in [-0.2, -0.15) is 0 Å². The van der Waals surface area contributed by atoms with Gasteiger partial charge in [-0.1, -0.05) is 60.7 Å². The van der Waals surface area contributed by atoms with E-state index in [-0.39, 0.29) is 18.0 Å². The van der Waals surface area contributed by atoms with Gasteiger partial charge in [0.25, 0.3) is 0 Å². The third-order valence-corrected chi connectivity index (χ3v) is 3.16. The fourth-order valence-corrected chi connectivity index (χ4v) is 2.05. The molecular weight excluding hydrogens is 260 g/mol. The zero-order chi connectivity index (χ0) is 13.7. The third-order valence-electron chi connectivity index (χ3n) is 2.80. The number of ketones is 2. The van der Waals surface area contributed by atoms with Crippen molar-refractivity contribution in [3.05, 3.63) is 71.8 Å². The number of hydrogen-bond acceptors (Lipinski definition) is 2. The van der Waals surface area contributed by atoms with E-state index in [4.69, 9.17) is 11.6 Å². The minimum absolute atomic E-state index is 0.0132. The van der Waals surface area contributed by atoms with Gasteiger partial charge in [0.05, 0.1) is 0 Å². The van der Waals surface area contributed by atoms with Gasteiger partial charge in [-0.25, -0.2) is 0 Å². The Morgan fingerprint density at radius 1 is 0.842 bits per heavy atom. The van der Waals surface area contributed by atoms with Gasteiger partial charge in [0.1, 0.15) is 5.38 Å². The van der Waals surface area contributed by atoms with E-state index in [0.29, 0.717) is 11.1 Å². The summed E-state index contributed by atoms with van der Waals surface area (Å²) in [4.78, 5) is 24.0. The van der Waals surface area contributed by atoms with Crippen LogP contribution in [0, 0.1) is 0 Å². The summed E-state index contributed by atoms with van der Waals surface area (Å²) in [7, 11) is 0. The fraction of sp³-hybridized carbons (Fsp3) is 0.125. The molecular formula is C16H13ClO2. The lowest BCUT2D eigenvalue weighted by atomic mass is 10.0. The molecule has 2 aromatic rings. The lowest BCUT2D eigenvalue weighted by molar-refractivity contribution is 0.0921. The molecule has 0 aliphatic carbocycles. The molecule has 0 heterocycles. The second-order valence-corrected chi connectivity index (χ2v) is 4.72. The summed E-state index contributed by atoms with van der Waals surface area (Å²) in [5.74, 6) is -0.337. The average molecular weight is 273 g/mol. The molecule has 0 spiro atoms. The number of Topliss-reactive ketones (excluding diaryl/α,β-unsaturated/α-hetero) is 2. The smallest absolute Gasteiger partial charge is 0.181 e. The van der Waals surface area contributed by atoms with Crippen molar-refractivity contribution in [3.8, 4) is 0 Å². The minimum atomic E-state index is -0.824. The molecule has 2 rings (SSSR count). The van der Waals surface area contributed by atoms with Crippen molar-refractivity contribution in [1.29, 1.82) is 0 Å². The van der Waals surface area contributed by atoms with Gasteiger partial charge in [-0.3, -0.25) is 9.59 Å². The van der Waals surface area contributed by atoms with E-state index >= 15 is 0 Å². The molecule has 1 atom stereocenters. The Morgan fingerprint density at radius 2 is 1.32 bits per heavy atom. The van der Waals surface area contributed by atoms with E-state index in [1.165, 1.54) is 0 Å². The molecule has 0 saturated carbocycles. The number of hydrogen-bond donors (Lipinski definition) is 0. The first-order valence-electron chi connectivity index (χ1n) is 6.00. The quantitative estimate of drug-likeness (QED) is 0.614. The van der Waals surface area contributed by atoms with Gasteiger partial charge in [-0.15, -0.1) is 11.6 Å². The molecule has 0 aromatic heterocycles. The van der Waals surface area contributed by atoms with Gasteiger partial charge >= 0.3 is 0 Å². The van der Waals surface area contributed by atoms with Gasteiger partial charge < -0.3 is 0 Å². The van der Waals surface area contributed by atoms with Crippen molar-refractivity contribution in [2.24, 2.45) is 0 Å². The Balaban J connectivity index is 2.04. The zero-order valence-corrected chi connectivity index (χ0v) is 11.0. The molecule has 0 bridgehead atoms. The van der Waals surface area contributed by atoms with E-state index < -0.39 is 5.38 Å². The monoisotopic (exact) mass is 272 g/mol. The zero-order valence-electron chi connectivity index (χ0n) is 10.3. The van der Waals surface area contributed by atoms with Crippen molar-refractivity contribution in [3.63, 3.8) is 0 Å². The first-order chi connectivity index (χ1) is 9.18. The highest BCUT2D eigenvalue weighted by atomic mass is 35.5. The molecule has 0 N–H and O–H groups in total. The summed E-state index contributed by atoms with van der Waals surface area (Å²) in [6.45, 7) is 0. The second-order valence-electron chi connectivity index (χ2n) is 4.19. The topological polar surface area (TPSA) is 34.1 Å². The normalized spacial score (nSPS) is 11.8. The summed E-state index contributed by atoms with van der Waals surface area (Å²) in [6, 6.07) is 17.6. The van der Waals surface area contributed by atoms with Crippen LogP contribution >= 0.6 is 11.6 Å². The predicted molar refractivity (Wildman–Crippen MR) is 75.8 cm³/mol. The van der Waals surface area contributed by atoms with Crippen LogP contribution in [-0.4, -0.2) is 16.9 Å². The molecule has 0 aliphatic rings. The van der Waals surface area contributed by atoms with Gasteiger partial charge in [0.2, 0.25) is 0 Å². The van der Waals surface area contributed by atoms with Crippen LogP contribution in [0.1, 0.15) is 27.1 Å². The molecule has 2 nitrogen and oxygen atoms in total. The Kier molecular flexibility index (Phi) is 4.48. The summed E-state index contributed by atoms with van der Waals surface area (Å²) < 4.78 is 0. The summed E-state index contributed by atoms with van der Waals surface area (Å²) in [5, 5.41) is -0.824. The van der Waals surface area contributed by atoms with Crippen LogP contribution in [0.4, 0.5) is 0 Å². The maximum atomic E-state index is 12.0. The van der Waals surface area contributed by atoms with E-state index in [1.54, 1.807) is 48.5 Å². The van der Waals surface area contributed by atoms with E-state index in [2.05, 4.69) is 0 Å². The first kappa shape index (κ1) is 13.5. The van der Waals surface area contributed by atoms with Gasteiger partial charge in [-0.05, 0) is 0 Å². The molecule has 2 aromatic carbocycles. The first-order valence-corrected chi connectivity index (χ1v) is 6.43. The number of halogens is 1. The van der Waals surface area contributed by atoms with Crippen LogP contribution < -0.4 is 0 Å². The third kappa shape index (κ3) is 3.52. The number of carbonyl (C=O) groups excluding carboxylic acids is 2. The van der Waals surface area contributed by atoms with Crippen LogP contribution in [0.15, 0.2) is 60.7 Å². The average Bonchev–Trinajstić information content (AvgIpc) is 2.48. The van der Waals surface area contributed by atoms with Crippen LogP contribution in [-0.2, 0) is 0 Å². The molecule has 3 heteroatoms. The van der Waals surface area contributed by atoms with Crippen molar-refractivity contribution in [2.45, 2.75) is 11.8 Å². The highest BCUT2D eigenvalue weighted by Gasteiger charge is 2.21. The minimum Gasteiger partial charge on any atom is -0.294 e. The Labute approximate surface area is 117 Å². The van der Waals surface area contributed by atoms with Crippen LogP contribution in [0.3, 0.4) is 0 Å². The Hall–Kier alpha value is -1.93. The standard InChI is InChI=1S/C16H13ClO2/c17-14(16(19)13-9-5-2-6-10-13)11-15(18)12-7-3-1-4-8-12/h1-10,14H,11H2/t14-/m0/s1. The van der Waals surface area contributed by atoms with Crippen LogP contribution in [0.2, 0.25) is 0 Å². The number of alkyl halides is 1. The van der Waals surface area contributed by atoms with Crippen LogP contribution in [0.5, 0.6) is 0 Å². The summed E-state index contributed by atoms with van der Waals surface area (Å²) in [5.41, 5.74) is 1.11. The highest BCUT2D eigenvalue weighted by molar-refractivity contribution is 6.35. The second kappa shape index (κ2) is 6.30. The molecule has 0 radical (unpaired) electrons.